The lowest BCUT2D eigenvalue weighted by atomic mass is 10.1. The van der Waals surface area contributed by atoms with Gasteiger partial charge in [0.25, 0.3) is 0 Å². The van der Waals surface area contributed by atoms with Crippen molar-refractivity contribution in [3.8, 4) is 0 Å². The summed E-state index contributed by atoms with van der Waals surface area (Å²) in [6.45, 7) is 0.570. The predicted molar refractivity (Wildman–Crippen MR) is 83.1 cm³/mol. The van der Waals surface area contributed by atoms with Crippen LogP contribution in [-0.2, 0) is 11.2 Å². The van der Waals surface area contributed by atoms with Gasteiger partial charge in [-0.1, -0.05) is 41.9 Å². The van der Waals surface area contributed by atoms with Crippen LogP contribution in [0.15, 0.2) is 48.5 Å². The Kier molecular flexibility index (Phi) is 5.58. The van der Waals surface area contributed by atoms with Crippen molar-refractivity contribution in [2.75, 3.05) is 18.4 Å². The lowest BCUT2D eigenvalue weighted by molar-refractivity contribution is -0.119. The Balaban J connectivity index is 1.72. The van der Waals surface area contributed by atoms with Gasteiger partial charge in [-0.3, -0.25) is 4.79 Å². The Morgan fingerprint density at radius 2 is 1.90 bits per heavy atom. The number of benzene rings is 2. The van der Waals surface area contributed by atoms with E-state index in [4.69, 9.17) is 11.6 Å². The zero-order valence-corrected chi connectivity index (χ0v) is 12.2. The number of hydrogen-bond donors (Lipinski definition) is 2. The first-order valence-electron chi connectivity index (χ1n) is 6.65. The van der Waals surface area contributed by atoms with Gasteiger partial charge in [-0.15, -0.1) is 0 Å². The molecule has 0 aromatic heterocycles. The zero-order chi connectivity index (χ0) is 15.1. The molecule has 0 unspecified atom stereocenters. The van der Waals surface area contributed by atoms with Gasteiger partial charge >= 0.3 is 0 Å². The molecule has 5 heteroatoms. The van der Waals surface area contributed by atoms with E-state index in [-0.39, 0.29) is 18.1 Å². The molecule has 1 amide bonds. The average Bonchev–Trinajstić information content (AvgIpc) is 2.47. The smallest absolute Gasteiger partial charge is 0.239 e. The Labute approximate surface area is 128 Å². The Hall–Kier alpha value is -2.07. The Morgan fingerprint density at radius 3 is 2.62 bits per heavy atom. The second-order valence-corrected chi connectivity index (χ2v) is 5.00. The van der Waals surface area contributed by atoms with Crippen LogP contribution in [0.5, 0.6) is 0 Å². The fourth-order valence-electron chi connectivity index (χ4n) is 1.86. The van der Waals surface area contributed by atoms with Crippen molar-refractivity contribution in [3.05, 3.63) is 64.9 Å². The molecule has 2 aromatic carbocycles. The van der Waals surface area contributed by atoms with Crippen LogP contribution in [0.4, 0.5) is 10.1 Å². The summed E-state index contributed by atoms with van der Waals surface area (Å²) in [4.78, 5) is 11.7. The summed E-state index contributed by atoms with van der Waals surface area (Å²) in [5.41, 5.74) is 1.42. The summed E-state index contributed by atoms with van der Waals surface area (Å²) in [7, 11) is 0. The van der Waals surface area contributed by atoms with Gasteiger partial charge in [0.05, 0.1) is 12.2 Å². The fraction of sp³-hybridized carbons (Fsp3) is 0.188. The molecule has 0 aliphatic heterocycles. The average molecular weight is 307 g/mol. The summed E-state index contributed by atoms with van der Waals surface area (Å²) in [6.07, 6.45) is 0.766. The molecule has 0 radical (unpaired) electrons. The Bertz CT molecular complexity index is 604. The first-order chi connectivity index (χ1) is 10.1. The van der Waals surface area contributed by atoms with E-state index in [2.05, 4.69) is 10.6 Å². The van der Waals surface area contributed by atoms with E-state index in [0.717, 1.165) is 12.0 Å². The van der Waals surface area contributed by atoms with Crippen LogP contribution in [0.25, 0.3) is 0 Å². The molecule has 2 aromatic rings. The number of hydrogen-bond acceptors (Lipinski definition) is 2. The van der Waals surface area contributed by atoms with Crippen molar-refractivity contribution in [2.45, 2.75) is 6.42 Å². The summed E-state index contributed by atoms with van der Waals surface area (Å²) < 4.78 is 13.5. The number of rotatable bonds is 6. The zero-order valence-electron chi connectivity index (χ0n) is 11.4. The summed E-state index contributed by atoms with van der Waals surface area (Å²) in [5.74, 6) is -0.653. The molecule has 0 spiro atoms. The molecule has 2 N–H and O–H groups in total. The van der Waals surface area contributed by atoms with Crippen LogP contribution < -0.4 is 10.6 Å². The number of carbonyl (C=O) groups is 1. The third-order valence-electron chi connectivity index (χ3n) is 2.95. The van der Waals surface area contributed by atoms with Gasteiger partial charge in [-0.2, -0.15) is 0 Å². The summed E-state index contributed by atoms with van der Waals surface area (Å²) in [6, 6.07) is 14.2. The van der Waals surface area contributed by atoms with Crippen molar-refractivity contribution >= 4 is 23.2 Å². The standard InChI is InChI=1S/C16H16ClFN2O/c17-13-6-7-15(14(18)10-13)20-11-16(21)19-9-8-12-4-2-1-3-5-12/h1-7,10,20H,8-9,11H2,(H,19,21). The molecule has 21 heavy (non-hydrogen) atoms. The molecule has 0 aliphatic carbocycles. The topological polar surface area (TPSA) is 41.1 Å². The second kappa shape index (κ2) is 7.64. The third kappa shape index (κ3) is 5.08. The first kappa shape index (κ1) is 15.3. The van der Waals surface area contributed by atoms with Gasteiger partial charge in [-0.05, 0) is 30.2 Å². The van der Waals surface area contributed by atoms with Crippen LogP contribution >= 0.6 is 11.6 Å². The normalized spacial score (nSPS) is 10.2. The minimum atomic E-state index is -0.473. The van der Waals surface area contributed by atoms with Crippen molar-refractivity contribution < 1.29 is 9.18 Å². The monoisotopic (exact) mass is 306 g/mol. The van der Waals surface area contributed by atoms with Crippen molar-refractivity contribution in [1.29, 1.82) is 0 Å². The largest absolute Gasteiger partial charge is 0.374 e. The SMILES string of the molecule is O=C(CNc1ccc(Cl)cc1F)NCCc1ccccc1. The quantitative estimate of drug-likeness (QED) is 0.860. The van der Waals surface area contributed by atoms with Crippen molar-refractivity contribution in [3.63, 3.8) is 0 Å². The maximum absolute atomic E-state index is 13.5. The van der Waals surface area contributed by atoms with Gasteiger partial charge in [-0.25, -0.2) is 4.39 Å². The Morgan fingerprint density at radius 1 is 1.14 bits per heavy atom. The van der Waals surface area contributed by atoms with Crippen LogP contribution in [0, 0.1) is 5.82 Å². The molecule has 0 aliphatic rings. The van der Waals surface area contributed by atoms with Crippen LogP contribution in [0.1, 0.15) is 5.56 Å². The maximum Gasteiger partial charge on any atom is 0.239 e. The molecular weight excluding hydrogens is 291 g/mol. The van der Waals surface area contributed by atoms with Gasteiger partial charge < -0.3 is 10.6 Å². The molecule has 0 atom stereocenters. The minimum absolute atomic E-state index is 0.0212. The highest BCUT2D eigenvalue weighted by molar-refractivity contribution is 6.30. The maximum atomic E-state index is 13.5. The highest BCUT2D eigenvalue weighted by Crippen LogP contribution is 2.18. The number of halogens is 2. The molecule has 0 bridgehead atoms. The van der Waals surface area contributed by atoms with E-state index in [9.17, 15) is 9.18 Å². The lowest BCUT2D eigenvalue weighted by Crippen LogP contribution is -2.31. The van der Waals surface area contributed by atoms with Crippen LogP contribution in [0.3, 0.4) is 0 Å². The van der Waals surface area contributed by atoms with E-state index >= 15 is 0 Å². The molecule has 0 fully saturated rings. The molecule has 3 nitrogen and oxygen atoms in total. The van der Waals surface area contributed by atoms with Gasteiger partial charge in [0.2, 0.25) is 5.91 Å². The summed E-state index contributed by atoms with van der Waals surface area (Å²) >= 11 is 5.66. The second-order valence-electron chi connectivity index (χ2n) is 4.56. The van der Waals surface area contributed by atoms with Gasteiger partial charge in [0, 0.05) is 11.6 Å². The molecule has 0 saturated heterocycles. The highest BCUT2D eigenvalue weighted by atomic mass is 35.5. The van der Waals surface area contributed by atoms with Gasteiger partial charge in [0.1, 0.15) is 5.82 Å². The van der Waals surface area contributed by atoms with Crippen LogP contribution in [0.2, 0.25) is 5.02 Å². The number of anilines is 1. The molecule has 110 valence electrons. The van der Waals surface area contributed by atoms with E-state index in [1.807, 2.05) is 30.3 Å². The van der Waals surface area contributed by atoms with Gasteiger partial charge in [0.15, 0.2) is 0 Å². The van der Waals surface area contributed by atoms with Crippen molar-refractivity contribution in [1.82, 2.24) is 5.32 Å². The number of nitrogens with one attached hydrogen (secondary N) is 2. The molecule has 2 rings (SSSR count). The third-order valence-corrected chi connectivity index (χ3v) is 3.18. The molecular formula is C16H16ClFN2O. The van der Waals surface area contributed by atoms with E-state index in [1.54, 1.807) is 6.07 Å². The molecule has 0 heterocycles. The number of amides is 1. The van der Waals surface area contributed by atoms with E-state index < -0.39 is 5.82 Å². The van der Waals surface area contributed by atoms with E-state index in [0.29, 0.717) is 11.6 Å². The predicted octanol–water partition coefficient (Wildman–Crippen LogP) is 3.25. The fourth-order valence-corrected chi connectivity index (χ4v) is 2.02. The number of carbonyl (C=O) groups excluding carboxylic acids is 1. The lowest BCUT2D eigenvalue weighted by Gasteiger charge is -2.09. The highest BCUT2D eigenvalue weighted by Gasteiger charge is 2.05. The first-order valence-corrected chi connectivity index (χ1v) is 7.02. The summed E-state index contributed by atoms with van der Waals surface area (Å²) in [5, 5.41) is 5.85. The van der Waals surface area contributed by atoms with Crippen molar-refractivity contribution in [2.24, 2.45) is 0 Å². The van der Waals surface area contributed by atoms with E-state index in [1.165, 1.54) is 12.1 Å². The van der Waals surface area contributed by atoms with Crippen LogP contribution in [-0.4, -0.2) is 19.0 Å². The molecule has 0 saturated carbocycles. The minimum Gasteiger partial charge on any atom is -0.374 e.